The topological polar surface area (TPSA) is 38.5 Å². The summed E-state index contributed by atoms with van der Waals surface area (Å²) in [5.74, 6) is 0.956. The summed E-state index contributed by atoms with van der Waals surface area (Å²) in [6, 6.07) is 6.46. The Morgan fingerprint density at radius 2 is 1.89 bits per heavy atom. The molecule has 2 N–H and O–H groups in total. The van der Waals surface area contributed by atoms with Crippen LogP contribution < -0.4 is 10.5 Å². The monoisotopic (exact) mass is 262 g/mol. The minimum Gasteiger partial charge on any atom is -0.494 e. The van der Waals surface area contributed by atoms with Gasteiger partial charge in [-0.25, -0.2) is 0 Å². The van der Waals surface area contributed by atoms with Gasteiger partial charge in [-0.05, 0) is 44.5 Å². The van der Waals surface area contributed by atoms with Crippen LogP contribution in [0, 0.1) is 0 Å². The largest absolute Gasteiger partial charge is 0.494 e. The first-order valence-corrected chi connectivity index (χ1v) is 7.50. The minimum atomic E-state index is 0.541. The maximum absolute atomic E-state index is 5.75. The molecule has 0 unspecified atom stereocenters. The summed E-state index contributed by atoms with van der Waals surface area (Å²) < 4.78 is 5.68. The Hall–Kier alpha value is -1.06. The summed E-state index contributed by atoms with van der Waals surface area (Å²) in [5, 5.41) is 0. The van der Waals surface area contributed by atoms with E-state index in [1.54, 1.807) is 0 Å². The lowest BCUT2D eigenvalue weighted by Crippen LogP contribution is -2.24. The summed E-state index contributed by atoms with van der Waals surface area (Å²) in [6.07, 6.45) is 5.43. The van der Waals surface area contributed by atoms with Crippen LogP contribution in [0.15, 0.2) is 18.2 Å². The van der Waals surface area contributed by atoms with Crippen molar-refractivity contribution in [3.63, 3.8) is 0 Å². The van der Waals surface area contributed by atoms with Crippen molar-refractivity contribution in [3.8, 4) is 5.75 Å². The van der Waals surface area contributed by atoms with E-state index in [4.69, 9.17) is 10.5 Å². The highest BCUT2D eigenvalue weighted by atomic mass is 16.5. The van der Waals surface area contributed by atoms with E-state index in [1.165, 1.54) is 44.3 Å². The number of likely N-dealkylation sites (tertiary alicyclic amines) is 1. The van der Waals surface area contributed by atoms with Gasteiger partial charge in [0, 0.05) is 18.7 Å². The lowest BCUT2D eigenvalue weighted by atomic mass is 10.1. The molecule has 0 aliphatic carbocycles. The first-order chi connectivity index (χ1) is 9.33. The van der Waals surface area contributed by atoms with Gasteiger partial charge in [-0.15, -0.1) is 0 Å². The molecule has 1 saturated heterocycles. The van der Waals surface area contributed by atoms with Crippen LogP contribution >= 0.6 is 0 Å². The lowest BCUT2D eigenvalue weighted by Gasteiger charge is -2.20. The molecular weight excluding hydrogens is 236 g/mol. The Bertz CT molecular complexity index is 384. The highest BCUT2D eigenvalue weighted by Crippen LogP contribution is 2.22. The predicted molar refractivity (Wildman–Crippen MR) is 79.2 cm³/mol. The minimum absolute atomic E-state index is 0.541. The molecule has 1 aliphatic heterocycles. The average molecular weight is 262 g/mol. The summed E-state index contributed by atoms with van der Waals surface area (Å²) in [4.78, 5) is 2.56. The maximum atomic E-state index is 5.75. The highest BCUT2D eigenvalue weighted by Gasteiger charge is 2.11. The number of hydrogen-bond acceptors (Lipinski definition) is 3. The van der Waals surface area contributed by atoms with E-state index in [1.807, 2.05) is 6.92 Å². The summed E-state index contributed by atoms with van der Waals surface area (Å²) in [6.45, 7) is 6.73. The van der Waals surface area contributed by atoms with Gasteiger partial charge in [-0.2, -0.15) is 0 Å². The SMILES string of the molecule is CCOc1cc(CN2CCCCCC2)ccc1CN. The van der Waals surface area contributed by atoms with Crippen molar-refractivity contribution in [2.75, 3.05) is 19.7 Å². The van der Waals surface area contributed by atoms with Crippen molar-refractivity contribution in [1.82, 2.24) is 4.90 Å². The fourth-order valence-electron chi connectivity index (χ4n) is 2.71. The van der Waals surface area contributed by atoms with Gasteiger partial charge in [-0.3, -0.25) is 4.90 Å². The molecule has 0 saturated carbocycles. The fraction of sp³-hybridized carbons (Fsp3) is 0.625. The molecule has 0 radical (unpaired) electrons. The van der Waals surface area contributed by atoms with Gasteiger partial charge in [0.2, 0.25) is 0 Å². The number of nitrogens with zero attached hydrogens (tertiary/aromatic N) is 1. The summed E-state index contributed by atoms with van der Waals surface area (Å²) >= 11 is 0. The Balaban J connectivity index is 2.04. The van der Waals surface area contributed by atoms with Crippen molar-refractivity contribution in [2.45, 2.75) is 45.7 Å². The molecule has 1 aromatic carbocycles. The molecule has 0 aromatic heterocycles. The van der Waals surface area contributed by atoms with E-state index < -0.39 is 0 Å². The second kappa shape index (κ2) is 7.51. The molecule has 3 nitrogen and oxygen atoms in total. The molecule has 2 rings (SSSR count). The standard InChI is InChI=1S/C16H26N2O/c1-2-19-16-11-14(7-8-15(16)12-17)13-18-9-5-3-4-6-10-18/h7-8,11H,2-6,9-10,12-13,17H2,1H3. The lowest BCUT2D eigenvalue weighted by molar-refractivity contribution is 0.276. The molecule has 1 aliphatic rings. The average Bonchev–Trinajstić information content (AvgIpc) is 2.68. The van der Waals surface area contributed by atoms with Crippen molar-refractivity contribution in [1.29, 1.82) is 0 Å². The Labute approximate surface area is 116 Å². The van der Waals surface area contributed by atoms with Crippen LogP contribution in [-0.4, -0.2) is 24.6 Å². The zero-order chi connectivity index (χ0) is 13.5. The van der Waals surface area contributed by atoms with Gasteiger partial charge >= 0.3 is 0 Å². The Morgan fingerprint density at radius 3 is 2.53 bits per heavy atom. The maximum Gasteiger partial charge on any atom is 0.124 e. The fourth-order valence-corrected chi connectivity index (χ4v) is 2.71. The van der Waals surface area contributed by atoms with Gasteiger partial charge in [0.05, 0.1) is 6.61 Å². The summed E-state index contributed by atoms with van der Waals surface area (Å²) in [5.41, 5.74) is 8.18. The predicted octanol–water partition coefficient (Wildman–Crippen LogP) is 2.92. The molecule has 1 aromatic rings. The van der Waals surface area contributed by atoms with Crippen molar-refractivity contribution >= 4 is 0 Å². The van der Waals surface area contributed by atoms with Gasteiger partial charge in [0.25, 0.3) is 0 Å². The van der Waals surface area contributed by atoms with Crippen LogP contribution in [0.5, 0.6) is 5.75 Å². The Kier molecular flexibility index (Phi) is 5.67. The molecule has 0 bridgehead atoms. The molecule has 0 atom stereocenters. The van der Waals surface area contributed by atoms with Crippen molar-refractivity contribution < 1.29 is 4.74 Å². The molecule has 106 valence electrons. The van der Waals surface area contributed by atoms with E-state index in [9.17, 15) is 0 Å². The van der Waals surface area contributed by atoms with Crippen molar-refractivity contribution in [3.05, 3.63) is 29.3 Å². The molecule has 3 heteroatoms. The highest BCUT2D eigenvalue weighted by molar-refractivity contribution is 5.37. The molecular formula is C16H26N2O. The Morgan fingerprint density at radius 1 is 1.16 bits per heavy atom. The van der Waals surface area contributed by atoms with E-state index in [0.29, 0.717) is 13.2 Å². The zero-order valence-electron chi connectivity index (χ0n) is 12.0. The molecule has 1 fully saturated rings. The van der Waals surface area contributed by atoms with Crippen LogP contribution in [0.2, 0.25) is 0 Å². The van der Waals surface area contributed by atoms with Crippen LogP contribution in [0.25, 0.3) is 0 Å². The van der Waals surface area contributed by atoms with Crippen molar-refractivity contribution in [2.24, 2.45) is 5.73 Å². The molecule has 0 amide bonds. The third kappa shape index (κ3) is 4.22. The third-order valence-electron chi connectivity index (χ3n) is 3.76. The number of nitrogens with two attached hydrogens (primary N) is 1. The van der Waals surface area contributed by atoms with Crippen LogP contribution in [-0.2, 0) is 13.1 Å². The van der Waals surface area contributed by atoms with Crippen LogP contribution in [0.1, 0.15) is 43.7 Å². The molecule has 1 heterocycles. The summed E-state index contributed by atoms with van der Waals surface area (Å²) in [7, 11) is 0. The quantitative estimate of drug-likeness (QED) is 0.886. The normalized spacial score (nSPS) is 17.2. The first-order valence-electron chi connectivity index (χ1n) is 7.50. The van der Waals surface area contributed by atoms with Crippen LogP contribution in [0.3, 0.4) is 0 Å². The van der Waals surface area contributed by atoms with Gasteiger partial charge in [0.15, 0.2) is 0 Å². The molecule has 0 spiro atoms. The van der Waals surface area contributed by atoms with Gasteiger partial charge in [0.1, 0.15) is 5.75 Å². The number of hydrogen-bond donors (Lipinski definition) is 1. The van der Waals surface area contributed by atoms with E-state index >= 15 is 0 Å². The van der Waals surface area contributed by atoms with Gasteiger partial charge < -0.3 is 10.5 Å². The number of benzene rings is 1. The van der Waals surface area contributed by atoms with E-state index in [0.717, 1.165) is 17.9 Å². The smallest absolute Gasteiger partial charge is 0.124 e. The second-order valence-electron chi connectivity index (χ2n) is 5.27. The number of rotatable bonds is 5. The van der Waals surface area contributed by atoms with E-state index in [2.05, 4.69) is 23.1 Å². The second-order valence-corrected chi connectivity index (χ2v) is 5.27. The van der Waals surface area contributed by atoms with Crippen LogP contribution in [0.4, 0.5) is 0 Å². The molecule has 19 heavy (non-hydrogen) atoms. The van der Waals surface area contributed by atoms with Gasteiger partial charge in [-0.1, -0.05) is 25.0 Å². The number of ether oxygens (including phenoxy) is 1. The van der Waals surface area contributed by atoms with E-state index in [-0.39, 0.29) is 0 Å². The first kappa shape index (κ1) is 14.4. The third-order valence-corrected chi connectivity index (χ3v) is 3.76. The zero-order valence-corrected chi connectivity index (χ0v) is 12.0.